The number of esters is 2. The lowest BCUT2D eigenvalue weighted by molar-refractivity contribution is -0.326. The van der Waals surface area contributed by atoms with Crippen molar-refractivity contribution >= 4 is 23.9 Å². The van der Waals surface area contributed by atoms with Gasteiger partial charge in [0.25, 0.3) is 0 Å². The molecule has 0 aliphatic carbocycles. The van der Waals surface area contributed by atoms with Crippen LogP contribution in [0.25, 0.3) is 0 Å². The summed E-state index contributed by atoms with van der Waals surface area (Å²) in [4.78, 5) is 49.6. The van der Waals surface area contributed by atoms with Crippen LogP contribution in [-0.2, 0) is 28.7 Å². The van der Waals surface area contributed by atoms with Crippen LogP contribution >= 0.6 is 0 Å². The molecule has 2 rings (SSSR count). The zero-order valence-electron chi connectivity index (χ0n) is 20.5. The van der Waals surface area contributed by atoms with Gasteiger partial charge in [-0.2, -0.15) is 0 Å². The van der Waals surface area contributed by atoms with E-state index in [0.717, 1.165) is 13.8 Å². The van der Waals surface area contributed by atoms with Crippen molar-refractivity contribution in [2.75, 3.05) is 26.4 Å². The first-order chi connectivity index (χ1) is 17.6. The fraction of sp³-hybridized carbons (Fsp3) is 0.333. The molecule has 0 saturated heterocycles. The van der Waals surface area contributed by atoms with E-state index in [0.29, 0.717) is 11.5 Å². The van der Waals surface area contributed by atoms with Crippen LogP contribution in [-0.4, -0.2) is 50.3 Å². The van der Waals surface area contributed by atoms with Crippen molar-refractivity contribution in [3.05, 3.63) is 72.8 Å². The molecule has 0 aromatic heterocycles. The van der Waals surface area contributed by atoms with Gasteiger partial charge >= 0.3 is 11.9 Å². The highest BCUT2D eigenvalue weighted by Crippen LogP contribution is 2.43. The van der Waals surface area contributed by atoms with E-state index < -0.39 is 46.7 Å². The Morgan fingerprint density at radius 1 is 0.730 bits per heavy atom. The standard InChI is InChI=1S/C27H30O10/c1-18(23(28)29)27(26(32)33,19(2)24(30)36-16-14-34-21-10-6-4-7-11-21)20(3)25(31)37-17-15-35-22-12-8-5-9-13-22/h4-13,19-20H,1,14-17H2,2-3H3,(H,28,29)(H,32,33)/p-2. The van der Waals surface area contributed by atoms with Crippen LogP contribution in [0.1, 0.15) is 13.8 Å². The van der Waals surface area contributed by atoms with E-state index in [1.165, 1.54) is 0 Å². The summed E-state index contributed by atoms with van der Waals surface area (Å²) < 4.78 is 21.0. The van der Waals surface area contributed by atoms with Gasteiger partial charge in [0.05, 0.1) is 29.2 Å². The Balaban J connectivity index is 2.10. The van der Waals surface area contributed by atoms with E-state index in [2.05, 4.69) is 6.58 Å². The third-order valence-corrected chi connectivity index (χ3v) is 5.84. The van der Waals surface area contributed by atoms with Crippen LogP contribution in [0.2, 0.25) is 0 Å². The van der Waals surface area contributed by atoms with Crippen molar-refractivity contribution in [1.82, 2.24) is 0 Å². The third kappa shape index (κ3) is 7.33. The number of hydrogen-bond donors (Lipinski definition) is 0. The molecule has 0 spiro atoms. The molecule has 0 N–H and O–H groups in total. The first-order valence-corrected chi connectivity index (χ1v) is 11.4. The summed E-state index contributed by atoms with van der Waals surface area (Å²) in [7, 11) is 0. The van der Waals surface area contributed by atoms with Crippen molar-refractivity contribution in [1.29, 1.82) is 0 Å². The van der Waals surface area contributed by atoms with Gasteiger partial charge in [0.15, 0.2) is 0 Å². The Bertz CT molecular complexity index is 1020. The van der Waals surface area contributed by atoms with E-state index in [1.807, 2.05) is 0 Å². The van der Waals surface area contributed by atoms with Gasteiger partial charge in [0, 0.05) is 0 Å². The maximum Gasteiger partial charge on any atom is 0.310 e. The first kappa shape index (κ1) is 28.9. The number of para-hydroxylation sites is 2. The molecule has 0 amide bonds. The molecule has 2 aromatic carbocycles. The van der Waals surface area contributed by atoms with Crippen LogP contribution in [0.5, 0.6) is 11.5 Å². The van der Waals surface area contributed by atoms with Crippen LogP contribution in [0.15, 0.2) is 72.8 Å². The second-order valence-electron chi connectivity index (χ2n) is 8.02. The summed E-state index contributed by atoms with van der Waals surface area (Å²) in [5, 5.41) is 24.1. The molecule has 10 heteroatoms. The number of hydrogen-bond acceptors (Lipinski definition) is 10. The van der Waals surface area contributed by atoms with E-state index in [-0.39, 0.29) is 26.4 Å². The Kier molecular flexibility index (Phi) is 10.7. The maximum atomic E-state index is 12.8. The molecule has 0 aliphatic rings. The lowest BCUT2D eigenvalue weighted by Crippen LogP contribution is -2.58. The Morgan fingerprint density at radius 3 is 1.43 bits per heavy atom. The quantitative estimate of drug-likeness (QED) is 0.188. The topological polar surface area (TPSA) is 151 Å². The zero-order valence-corrected chi connectivity index (χ0v) is 20.5. The van der Waals surface area contributed by atoms with Gasteiger partial charge in [-0.25, -0.2) is 0 Å². The van der Waals surface area contributed by atoms with Crippen molar-refractivity contribution in [3.63, 3.8) is 0 Å². The van der Waals surface area contributed by atoms with Gasteiger partial charge in [-0.15, -0.1) is 0 Å². The van der Waals surface area contributed by atoms with Gasteiger partial charge in [0.1, 0.15) is 37.9 Å². The number of aliphatic carboxylic acids is 2. The highest BCUT2D eigenvalue weighted by atomic mass is 16.6. The Labute approximate surface area is 214 Å². The van der Waals surface area contributed by atoms with E-state index in [1.54, 1.807) is 60.7 Å². The van der Waals surface area contributed by atoms with Gasteiger partial charge in [-0.1, -0.05) is 56.8 Å². The molecule has 2 unspecified atom stereocenters. The summed E-state index contributed by atoms with van der Waals surface area (Å²) >= 11 is 0. The van der Waals surface area contributed by atoms with E-state index in [4.69, 9.17) is 18.9 Å². The number of carbonyl (C=O) groups excluding carboxylic acids is 4. The number of benzene rings is 2. The van der Waals surface area contributed by atoms with E-state index >= 15 is 0 Å². The molecule has 0 radical (unpaired) electrons. The first-order valence-electron chi connectivity index (χ1n) is 11.4. The number of rotatable bonds is 15. The highest BCUT2D eigenvalue weighted by Gasteiger charge is 2.52. The number of carboxylic acid groups (broad SMARTS) is 2. The zero-order chi connectivity index (χ0) is 27.4. The average Bonchev–Trinajstić information content (AvgIpc) is 2.89. The molecule has 37 heavy (non-hydrogen) atoms. The molecular formula is C27H28O10-2. The lowest BCUT2D eigenvalue weighted by atomic mass is 9.63. The smallest absolute Gasteiger partial charge is 0.310 e. The minimum Gasteiger partial charge on any atom is -0.549 e. The van der Waals surface area contributed by atoms with Gasteiger partial charge < -0.3 is 38.7 Å². The molecule has 198 valence electrons. The van der Waals surface area contributed by atoms with Gasteiger partial charge in [-0.3, -0.25) is 9.59 Å². The number of carbonyl (C=O) groups is 4. The predicted molar refractivity (Wildman–Crippen MR) is 126 cm³/mol. The second kappa shape index (κ2) is 13.7. The largest absolute Gasteiger partial charge is 0.549 e. The van der Waals surface area contributed by atoms with Crippen molar-refractivity contribution in [2.45, 2.75) is 13.8 Å². The molecule has 0 fully saturated rings. The minimum atomic E-state index is -2.71. The Hall–Kier alpha value is -4.34. The molecule has 2 atom stereocenters. The molecule has 0 bridgehead atoms. The molecule has 0 saturated carbocycles. The lowest BCUT2D eigenvalue weighted by Gasteiger charge is -2.44. The van der Waals surface area contributed by atoms with Gasteiger partial charge in [-0.05, 0) is 29.8 Å². The highest BCUT2D eigenvalue weighted by molar-refractivity contribution is 6.00. The maximum absolute atomic E-state index is 12.8. The fourth-order valence-electron chi connectivity index (χ4n) is 3.80. The fourth-order valence-corrected chi connectivity index (χ4v) is 3.80. The Morgan fingerprint density at radius 2 is 1.11 bits per heavy atom. The molecule has 2 aromatic rings. The summed E-state index contributed by atoms with van der Waals surface area (Å²) in [6.07, 6.45) is 0. The van der Waals surface area contributed by atoms with Gasteiger partial charge in [0.2, 0.25) is 0 Å². The number of ether oxygens (including phenoxy) is 4. The average molecular weight is 513 g/mol. The summed E-state index contributed by atoms with van der Waals surface area (Å²) in [5.41, 5.74) is -3.74. The molecular weight excluding hydrogens is 484 g/mol. The number of carboxylic acids is 2. The summed E-state index contributed by atoms with van der Waals surface area (Å²) in [5.74, 6) is -8.56. The molecule has 0 aliphatic heterocycles. The SMILES string of the molecule is C=C(C(=O)[O-])C(C(=O)[O-])(C(C)C(=O)OCCOc1ccccc1)C(C)C(=O)OCCOc1ccccc1. The van der Waals surface area contributed by atoms with Crippen LogP contribution < -0.4 is 19.7 Å². The van der Waals surface area contributed by atoms with E-state index in [9.17, 15) is 29.4 Å². The van der Waals surface area contributed by atoms with Crippen LogP contribution in [0, 0.1) is 17.3 Å². The third-order valence-electron chi connectivity index (χ3n) is 5.84. The summed E-state index contributed by atoms with van der Waals surface area (Å²) in [6.45, 7) is 4.84. The van der Waals surface area contributed by atoms with Crippen LogP contribution in [0.4, 0.5) is 0 Å². The predicted octanol–water partition coefficient (Wildman–Crippen LogP) is 0.545. The molecule has 0 heterocycles. The van der Waals surface area contributed by atoms with Crippen molar-refractivity contribution < 1.29 is 48.3 Å². The molecule has 10 nitrogen and oxygen atoms in total. The minimum absolute atomic E-state index is 0.0543. The van der Waals surface area contributed by atoms with Crippen LogP contribution in [0.3, 0.4) is 0 Å². The summed E-state index contributed by atoms with van der Waals surface area (Å²) in [6, 6.07) is 17.3. The monoisotopic (exact) mass is 512 g/mol. The van der Waals surface area contributed by atoms with Crippen molar-refractivity contribution in [3.8, 4) is 11.5 Å². The normalized spacial score (nSPS) is 13.8. The second-order valence-corrected chi connectivity index (χ2v) is 8.02. The van der Waals surface area contributed by atoms with Crippen molar-refractivity contribution in [2.24, 2.45) is 17.3 Å².